The van der Waals surface area contributed by atoms with Crippen molar-refractivity contribution in [3.05, 3.63) is 30.3 Å². The molecular formula is C15H22N2O5S. The summed E-state index contributed by atoms with van der Waals surface area (Å²) in [4.78, 5) is 13.4. The van der Waals surface area contributed by atoms with Crippen molar-refractivity contribution < 1.29 is 23.1 Å². The van der Waals surface area contributed by atoms with Gasteiger partial charge in [-0.25, -0.2) is 17.9 Å². The highest BCUT2D eigenvalue weighted by atomic mass is 32.2. The highest BCUT2D eigenvalue weighted by molar-refractivity contribution is 7.89. The van der Waals surface area contributed by atoms with E-state index in [2.05, 4.69) is 4.72 Å². The summed E-state index contributed by atoms with van der Waals surface area (Å²) < 4.78 is 32.2. The molecule has 23 heavy (non-hydrogen) atoms. The van der Waals surface area contributed by atoms with Crippen molar-refractivity contribution in [3.63, 3.8) is 0 Å². The molecule has 1 aromatic rings. The third-order valence-electron chi connectivity index (χ3n) is 3.30. The zero-order chi connectivity index (χ0) is 17.3. The molecule has 1 amide bonds. The van der Waals surface area contributed by atoms with Crippen LogP contribution in [-0.2, 0) is 14.8 Å². The van der Waals surface area contributed by atoms with E-state index in [4.69, 9.17) is 4.74 Å². The molecule has 1 aliphatic heterocycles. The van der Waals surface area contributed by atoms with Gasteiger partial charge in [-0.1, -0.05) is 18.2 Å². The molecule has 2 rings (SSSR count). The van der Waals surface area contributed by atoms with Crippen LogP contribution in [0.25, 0.3) is 0 Å². The number of amides is 1. The highest BCUT2D eigenvalue weighted by Crippen LogP contribution is 2.18. The number of β-amino-alcohol motifs (C(OH)–C–C–N with tert-alkyl or cyclic N) is 1. The average molecular weight is 342 g/mol. The number of aliphatic hydroxyl groups excluding tert-OH is 1. The van der Waals surface area contributed by atoms with Crippen LogP contribution < -0.4 is 4.72 Å². The number of carbonyl (C=O) groups is 1. The molecule has 0 radical (unpaired) electrons. The number of nitrogens with one attached hydrogen (secondary N) is 1. The topological polar surface area (TPSA) is 95.9 Å². The fourth-order valence-electron chi connectivity index (χ4n) is 2.25. The second-order valence-corrected chi connectivity index (χ2v) is 8.21. The predicted molar refractivity (Wildman–Crippen MR) is 84.4 cm³/mol. The Morgan fingerprint density at radius 1 is 1.26 bits per heavy atom. The second kappa shape index (κ2) is 6.46. The molecule has 0 saturated carbocycles. The van der Waals surface area contributed by atoms with Crippen molar-refractivity contribution >= 4 is 16.1 Å². The summed E-state index contributed by atoms with van der Waals surface area (Å²) in [6, 6.07) is 7.12. The molecule has 7 nitrogen and oxygen atoms in total. The standard InChI is InChI=1S/C15H22N2O5S/c1-15(2,3)22-14(19)17-9-12(13(18)10-17)16-23(20,21)11-7-5-4-6-8-11/h4-8,12-13,16,18H,9-10H2,1-3H3/t12-,13-/m0/s1. The van der Waals surface area contributed by atoms with Gasteiger partial charge in [-0.15, -0.1) is 0 Å². The first-order chi connectivity index (χ1) is 10.6. The van der Waals surface area contributed by atoms with Crippen molar-refractivity contribution in [1.82, 2.24) is 9.62 Å². The number of carbonyl (C=O) groups excluding carboxylic acids is 1. The van der Waals surface area contributed by atoms with Crippen LogP contribution in [0.2, 0.25) is 0 Å². The number of hydrogen-bond donors (Lipinski definition) is 2. The van der Waals surface area contributed by atoms with Crippen LogP contribution in [-0.4, -0.2) is 55.4 Å². The van der Waals surface area contributed by atoms with Gasteiger partial charge in [0.25, 0.3) is 0 Å². The van der Waals surface area contributed by atoms with Gasteiger partial charge in [0.2, 0.25) is 10.0 Å². The van der Waals surface area contributed by atoms with Gasteiger partial charge in [0.15, 0.2) is 0 Å². The fourth-order valence-corrected chi connectivity index (χ4v) is 3.53. The van der Waals surface area contributed by atoms with E-state index in [1.807, 2.05) is 0 Å². The third-order valence-corrected chi connectivity index (χ3v) is 4.81. The molecule has 0 unspecified atom stereocenters. The van der Waals surface area contributed by atoms with Gasteiger partial charge in [-0.2, -0.15) is 0 Å². The molecule has 1 aromatic carbocycles. The van der Waals surface area contributed by atoms with E-state index in [-0.39, 0.29) is 18.0 Å². The molecular weight excluding hydrogens is 320 g/mol. The smallest absolute Gasteiger partial charge is 0.410 e. The zero-order valence-electron chi connectivity index (χ0n) is 13.4. The van der Waals surface area contributed by atoms with Crippen LogP contribution in [0.15, 0.2) is 35.2 Å². The molecule has 8 heteroatoms. The molecule has 0 aliphatic carbocycles. The second-order valence-electron chi connectivity index (χ2n) is 6.49. The van der Waals surface area contributed by atoms with E-state index in [9.17, 15) is 18.3 Å². The largest absolute Gasteiger partial charge is 0.444 e. The van der Waals surface area contributed by atoms with E-state index >= 15 is 0 Å². The van der Waals surface area contributed by atoms with E-state index in [1.165, 1.54) is 17.0 Å². The van der Waals surface area contributed by atoms with Gasteiger partial charge >= 0.3 is 6.09 Å². The van der Waals surface area contributed by atoms with Gasteiger partial charge in [-0.3, -0.25) is 0 Å². The summed E-state index contributed by atoms with van der Waals surface area (Å²) in [6.45, 7) is 5.31. The first-order valence-corrected chi connectivity index (χ1v) is 8.80. The van der Waals surface area contributed by atoms with Gasteiger partial charge in [-0.05, 0) is 32.9 Å². The molecule has 1 heterocycles. The van der Waals surface area contributed by atoms with E-state index in [0.29, 0.717) is 0 Å². The quantitative estimate of drug-likeness (QED) is 0.852. The summed E-state index contributed by atoms with van der Waals surface area (Å²) in [5, 5.41) is 10.0. The lowest BCUT2D eigenvalue weighted by atomic mass is 10.2. The summed E-state index contributed by atoms with van der Waals surface area (Å²) in [5.41, 5.74) is -0.649. The minimum absolute atomic E-state index is 0.0247. The molecule has 2 N–H and O–H groups in total. The predicted octanol–water partition coefficient (Wildman–Crippen LogP) is 0.945. The Labute approximate surface area is 136 Å². The van der Waals surface area contributed by atoms with E-state index in [1.54, 1.807) is 39.0 Å². The molecule has 1 aliphatic rings. The Morgan fingerprint density at radius 3 is 2.43 bits per heavy atom. The summed E-state index contributed by atoms with van der Waals surface area (Å²) in [5.74, 6) is 0. The zero-order valence-corrected chi connectivity index (χ0v) is 14.2. The number of likely N-dealkylation sites (tertiary alicyclic amines) is 1. The minimum atomic E-state index is -3.75. The first kappa shape index (κ1) is 17.7. The Kier molecular flexibility index (Phi) is 4.98. The average Bonchev–Trinajstić information content (AvgIpc) is 2.79. The van der Waals surface area contributed by atoms with Crippen LogP contribution in [0.4, 0.5) is 4.79 Å². The number of rotatable bonds is 3. The highest BCUT2D eigenvalue weighted by Gasteiger charge is 2.38. The van der Waals surface area contributed by atoms with Crippen LogP contribution in [0.3, 0.4) is 0 Å². The van der Waals surface area contributed by atoms with Crippen LogP contribution >= 0.6 is 0 Å². The lowest BCUT2D eigenvalue weighted by molar-refractivity contribution is 0.0270. The number of sulfonamides is 1. The lowest BCUT2D eigenvalue weighted by Crippen LogP contribution is -2.43. The Hall–Kier alpha value is -1.64. The van der Waals surface area contributed by atoms with Gasteiger partial charge < -0.3 is 14.7 Å². The van der Waals surface area contributed by atoms with Crippen molar-refractivity contribution in [2.45, 2.75) is 43.4 Å². The van der Waals surface area contributed by atoms with E-state index in [0.717, 1.165) is 0 Å². The maximum atomic E-state index is 12.3. The summed E-state index contributed by atoms with van der Waals surface area (Å²) >= 11 is 0. The lowest BCUT2D eigenvalue weighted by Gasteiger charge is -2.24. The number of nitrogens with zero attached hydrogens (tertiary/aromatic N) is 1. The summed E-state index contributed by atoms with van der Waals surface area (Å²) in [7, 11) is -3.75. The third kappa shape index (κ3) is 4.66. The molecule has 2 atom stereocenters. The number of benzene rings is 1. The van der Waals surface area contributed by atoms with E-state index < -0.39 is 33.9 Å². The Balaban J connectivity index is 2.04. The molecule has 0 aromatic heterocycles. The first-order valence-electron chi connectivity index (χ1n) is 7.32. The maximum Gasteiger partial charge on any atom is 0.410 e. The van der Waals surface area contributed by atoms with Crippen molar-refractivity contribution in [1.29, 1.82) is 0 Å². The van der Waals surface area contributed by atoms with Gasteiger partial charge in [0.05, 0.1) is 23.6 Å². The molecule has 1 fully saturated rings. The normalized spacial score (nSPS) is 22.2. The SMILES string of the molecule is CC(C)(C)OC(=O)N1C[C@H](NS(=O)(=O)c2ccccc2)[C@@H](O)C1. The summed E-state index contributed by atoms with van der Waals surface area (Å²) in [6.07, 6.45) is -1.56. The van der Waals surface area contributed by atoms with Gasteiger partial charge in [0, 0.05) is 6.54 Å². The Morgan fingerprint density at radius 2 is 1.87 bits per heavy atom. The van der Waals surface area contributed by atoms with Crippen LogP contribution in [0.5, 0.6) is 0 Å². The number of hydrogen-bond acceptors (Lipinski definition) is 5. The van der Waals surface area contributed by atoms with Crippen molar-refractivity contribution in [3.8, 4) is 0 Å². The molecule has 0 spiro atoms. The monoisotopic (exact) mass is 342 g/mol. The van der Waals surface area contributed by atoms with Crippen molar-refractivity contribution in [2.75, 3.05) is 13.1 Å². The molecule has 1 saturated heterocycles. The molecule has 0 bridgehead atoms. The van der Waals surface area contributed by atoms with Crippen LogP contribution in [0, 0.1) is 0 Å². The Bertz CT molecular complexity index is 654. The van der Waals surface area contributed by atoms with Gasteiger partial charge in [0.1, 0.15) is 5.60 Å². The minimum Gasteiger partial charge on any atom is -0.444 e. The number of ether oxygens (including phenoxy) is 1. The fraction of sp³-hybridized carbons (Fsp3) is 0.533. The molecule has 128 valence electrons. The maximum absolute atomic E-state index is 12.3. The van der Waals surface area contributed by atoms with Crippen molar-refractivity contribution in [2.24, 2.45) is 0 Å². The number of aliphatic hydroxyl groups is 1. The van der Waals surface area contributed by atoms with Crippen LogP contribution in [0.1, 0.15) is 20.8 Å².